The lowest BCUT2D eigenvalue weighted by Crippen LogP contribution is -1.96. The SMILES string of the molecule is CCCCCCOc1ccc(N=Nc2ccc(-c3c(C)noc3C)cc2)cc1. The van der Waals surface area contributed by atoms with Crippen molar-refractivity contribution in [3.05, 3.63) is 60.0 Å². The van der Waals surface area contributed by atoms with Crippen LogP contribution >= 0.6 is 0 Å². The quantitative estimate of drug-likeness (QED) is 0.289. The molecule has 0 spiro atoms. The summed E-state index contributed by atoms with van der Waals surface area (Å²) in [5.74, 6) is 1.69. The van der Waals surface area contributed by atoms with Crippen molar-refractivity contribution in [3.8, 4) is 16.9 Å². The fourth-order valence-corrected chi connectivity index (χ4v) is 3.03. The minimum atomic E-state index is 0.762. The number of aromatic nitrogens is 1. The molecule has 1 aromatic heterocycles. The van der Waals surface area contributed by atoms with Crippen molar-refractivity contribution in [2.75, 3.05) is 6.61 Å². The molecule has 1 heterocycles. The van der Waals surface area contributed by atoms with Crippen LogP contribution in [0.1, 0.15) is 44.1 Å². The van der Waals surface area contributed by atoms with Crippen molar-refractivity contribution in [3.63, 3.8) is 0 Å². The number of benzene rings is 2. The average Bonchev–Trinajstić information content (AvgIpc) is 3.06. The number of hydrogen-bond donors (Lipinski definition) is 0. The van der Waals surface area contributed by atoms with E-state index in [-0.39, 0.29) is 0 Å². The summed E-state index contributed by atoms with van der Waals surface area (Å²) in [7, 11) is 0. The lowest BCUT2D eigenvalue weighted by Gasteiger charge is -2.05. The number of unbranched alkanes of at least 4 members (excludes halogenated alkanes) is 3. The van der Waals surface area contributed by atoms with Gasteiger partial charge in [-0.25, -0.2) is 0 Å². The van der Waals surface area contributed by atoms with Gasteiger partial charge in [0.2, 0.25) is 0 Å². The van der Waals surface area contributed by atoms with Gasteiger partial charge in [-0.15, -0.1) is 0 Å². The Labute approximate surface area is 166 Å². The van der Waals surface area contributed by atoms with Gasteiger partial charge in [0, 0.05) is 5.56 Å². The van der Waals surface area contributed by atoms with Crippen molar-refractivity contribution in [1.82, 2.24) is 5.16 Å². The fraction of sp³-hybridized carbons (Fsp3) is 0.348. The summed E-state index contributed by atoms with van der Waals surface area (Å²) < 4.78 is 11.0. The molecule has 0 radical (unpaired) electrons. The largest absolute Gasteiger partial charge is 0.494 e. The smallest absolute Gasteiger partial charge is 0.141 e. The summed E-state index contributed by atoms with van der Waals surface area (Å²) in [6, 6.07) is 15.6. The molecule has 2 aromatic carbocycles. The van der Waals surface area contributed by atoms with Gasteiger partial charge in [-0.2, -0.15) is 10.2 Å². The van der Waals surface area contributed by atoms with Gasteiger partial charge in [-0.05, 0) is 62.2 Å². The van der Waals surface area contributed by atoms with E-state index in [1.807, 2.05) is 62.4 Å². The molecule has 3 aromatic rings. The summed E-state index contributed by atoms with van der Waals surface area (Å²) in [6.45, 7) is 6.83. The van der Waals surface area contributed by atoms with Crippen LogP contribution in [0.3, 0.4) is 0 Å². The molecule has 0 fully saturated rings. The van der Waals surface area contributed by atoms with E-state index in [0.29, 0.717) is 0 Å². The van der Waals surface area contributed by atoms with Crippen LogP contribution in [0.15, 0.2) is 63.3 Å². The van der Waals surface area contributed by atoms with Crippen molar-refractivity contribution in [2.24, 2.45) is 10.2 Å². The Kier molecular flexibility index (Phi) is 6.95. The Morgan fingerprint density at radius 2 is 1.50 bits per heavy atom. The molecular weight excluding hydrogens is 350 g/mol. The highest BCUT2D eigenvalue weighted by atomic mass is 16.5. The molecule has 0 unspecified atom stereocenters. The van der Waals surface area contributed by atoms with Crippen molar-refractivity contribution >= 4 is 11.4 Å². The number of ether oxygens (including phenoxy) is 1. The predicted molar refractivity (Wildman–Crippen MR) is 112 cm³/mol. The molecular formula is C23H27N3O2. The third-order valence-electron chi connectivity index (χ3n) is 4.57. The van der Waals surface area contributed by atoms with E-state index < -0.39 is 0 Å². The fourth-order valence-electron chi connectivity index (χ4n) is 3.03. The van der Waals surface area contributed by atoms with E-state index in [4.69, 9.17) is 9.26 Å². The molecule has 146 valence electrons. The normalized spacial score (nSPS) is 11.2. The Bertz CT molecular complexity index is 877. The maximum absolute atomic E-state index is 5.75. The first-order valence-corrected chi connectivity index (χ1v) is 9.85. The second-order valence-corrected chi connectivity index (χ2v) is 6.85. The van der Waals surface area contributed by atoms with Crippen LogP contribution in [-0.2, 0) is 0 Å². The highest BCUT2D eigenvalue weighted by molar-refractivity contribution is 5.68. The van der Waals surface area contributed by atoms with Crippen molar-refractivity contribution in [1.29, 1.82) is 0 Å². The zero-order valence-electron chi connectivity index (χ0n) is 16.8. The second kappa shape index (κ2) is 9.83. The number of hydrogen-bond acceptors (Lipinski definition) is 5. The first kappa shape index (κ1) is 19.8. The number of azo groups is 1. The van der Waals surface area contributed by atoms with Crippen molar-refractivity contribution in [2.45, 2.75) is 46.5 Å². The Morgan fingerprint density at radius 1 is 0.857 bits per heavy atom. The van der Waals surface area contributed by atoms with Crippen LogP contribution < -0.4 is 4.74 Å². The van der Waals surface area contributed by atoms with Gasteiger partial charge in [-0.1, -0.05) is 43.5 Å². The molecule has 0 saturated heterocycles. The van der Waals surface area contributed by atoms with Gasteiger partial charge in [0.1, 0.15) is 11.5 Å². The van der Waals surface area contributed by atoms with E-state index >= 15 is 0 Å². The van der Waals surface area contributed by atoms with Gasteiger partial charge in [0.15, 0.2) is 0 Å². The molecule has 0 aliphatic rings. The van der Waals surface area contributed by atoms with Gasteiger partial charge in [0.25, 0.3) is 0 Å². The molecule has 28 heavy (non-hydrogen) atoms. The lowest BCUT2D eigenvalue weighted by molar-refractivity contribution is 0.305. The zero-order valence-corrected chi connectivity index (χ0v) is 16.8. The zero-order chi connectivity index (χ0) is 19.8. The summed E-state index contributed by atoms with van der Waals surface area (Å²) in [5.41, 5.74) is 4.59. The van der Waals surface area contributed by atoms with Gasteiger partial charge in [0.05, 0.1) is 23.7 Å². The van der Waals surface area contributed by atoms with Gasteiger partial charge >= 0.3 is 0 Å². The third kappa shape index (κ3) is 5.28. The molecule has 5 nitrogen and oxygen atoms in total. The second-order valence-electron chi connectivity index (χ2n) is 6.85. The topological polar surface area (TPSA) is 60.0 Å². The predicted octanol–water partition coefficient (Wildman–Crippen LogP) is 7.33. The summed E-state index contributed by atoms with van der Waals surface area (Å²) >= 11 is 0. The van der Waals surface area contributed by atoms with Crippen LogP contribution in [0, 0.1) is 13.8 Å². The summed E-state index contributed by atoms with van der Waals surface area (Å²) in [4.78, 5) is 0. The van der Waals surface area contributed by atoms with Crippen LogP contribution in [0.2, 0.25) is 0 Å². The Balaban J connectivity index is 1.56. The van der Waals surface area contributed by atoms with Crippen LogP contribution in [0.25, 0.3) is 11.1 Å². The van der Waals surface area contributed by atoms with Crippen LogP contribution in [0.4, 0.5) is 11.4 Å². The maximum atomic E-state index is 5.75. The summed E-state index contributed by atoms with van der Waals surface area (Å²) in [6.07, 6.45) is 4.82. The standard InChI is InChI=1S/C23H27N3O2/c1-4-5-6-7-16-27-22-14-12-21(13-15-22)25-24-20-10-8-19(9-11-20)23-17(2)26-28-18(23)3/h8-15H,4-7,16H2,1-3H3. The molecule has 0 atom stereocenters. The summed E-state index contributed by atoms with van der Waals surface area (Å²) in [5, 5.41) is 12.6. The number of aryl methyl sites for hydroxylation is 2. The molecule has 0 N–H and O–H groups in total. The highest BCUT2D eigenvalue weighted by Gasteiger charge is 2.10. The third-order valence-corrected chi connectivity index (χ3v) is 4.57. The van der Waals surface area contributed by atoms with E-state index in [1.54, 1.807) is 0 Å². The van der Waals surface area contributed by atoms with Gasteiger partial charge < -0.3 is 9.26 Å². The molecule has 0 aliphatic heterocycles. The molecule has 0 aliphatic carbocycles. The monoisotopic (exact) mass is 377 g/mol. The van der Waals surface area contributed by atoms with E-state index in [9.17, 15) is 0 Å². The maximum Gasteiger partial charge on any atom is 0.141 e. The number of nitrogens with zero attached hydrogens (tertiary/aromatic N) is 3. The number of rotatable bonds is 9. The minimum absolute atomic E-state index is 0.762. The minimum Gasteiger partial charge on any atom is -0.494 e. The molecule has 0 saturated carbocycles. The lowest BCUT2D eigenvalue weighted by atomic mass is 10.0. The average molecular weight is 377 g/mol. The van der Waals surface area contributed by atoms with E-state index in [1.165, 1.54) is 19.3 Å². The molecule has 3 rings (SSSR count). The van der Waals surface area contributed by atoms with Crippen LogP contribution in [-0.4, -0.2) is 11.8 Å². The first-order chi connectivity index (χ1) is 13.7. The van der Waals surface area contributed by atoms with E-state index in [0.717, 1.165) is 52.7 Å². The Hall–Kier alpha value is -2.95. The molecule has 5 heteroatoms. The van der Waals surface area contributed by atoms with Crippen LogP contribution in [0.5, 0.6) is 5.75 Å². The van der Waals surface area contributed by atoms with E-state index in [2.05, 4.69) is 22.3 Å². The highest BCUT2D eigenvalue weighted by Crippen LogP contribution is 2.29. The van der Waals surface area contributed by atoms with Crippen molar-refractivity contribution < 1.29 is 9.26 Å². The Morgan fingerprint density at radius 3 is 2.07 bits per heavy atom. The molecule has 0 amide bonds. The van der Waals surface area contributed by atoms with Gasteiger partial charge in [-0.3, -0.25) is 0 Å². The molecule has 0 bridgehead atoms. The first-order valence-electron chi connectivity index (χ1n) is 9.85.